The Kier molecular flexibility index (Phi) is 6.14. The van der Waals surface area contributed by atoms with Gasteiger partial charge in [0.2, 0.25) is 0 Å². The standard InChI is InChI=1S/C40H24N4/c41-25-29-20-10-11-21-30(29)38-33-24-32(26-14-4-1-5-15-26)39-40(35(33)31-22-12-13-23-34(31)42-38)44-37(28-18-8-3-9-19-28)36(43-39)27-16-6-2-7-17-27/h1-24H. The minimum Gasteiger partial charge on any atom is -0.247 e. The van der Waals surface area contributed by atoms with Gasteiger partial charge >= 0.3 is 0 Å². The fourth-order valence-electron chi connectivity index (χ4n) is 6.06. The van der Waals surface area contributed by atoms with Crippen molar-refractivity contribution in [3.63, 3.8) is 0 Å². The zero-order valence-corrected chi connectivity index (χ0v) is 23.6. The van der Waals surface area contributed by atoms with E-state index in [-0.39, 0.29) is 0 Å². The van der Waals surface area contributed by atoms with Gasteiger partial charge in [-0.25, -0.2) is 15.0 Å². The van der Waals surface area contributed by atoms with Crippen LogP contribution < -0.4 is 0 Å². The number of para-hydroxylation sites is 1. The van der Waals surface area contributed by atoms with Crippen molar-refractivity contribution in [2.24, 2.45) is 0 Å². The lowest BCUT2D eigenvalue weighted by molar-refractivity contribution is 1.30. The van der Waals surface area contributed by atoms with Gasteiger partial charge < -0.3 is 0 Å². The van der Waals surface area contributed by atoms with Gasteiger partial charge in [-0.1, -0.05) is 127 Å². The van der Waals surface area contributed by atoms with Gasteiger partial charge in [-0.3, -0.25) is 0 Å². The monoisotopic (exact) mass is 560 g/mol. The summed E-state index contributed by atoms with van der Waals surface area (Å²) in [7, 11) is 0. The van der Waals surface area contributed by atoms with E-state index in [4.69, 9.17) is 15.0 Å². The molecule has 0 radical (unpaired) electrons. The van der Waals surface area contributed by atoms with E-state index in [1.807, 2.05) is 97.1 Å². The van der Waals surface area contributed by atoms with Crippen molar-refractivity contribution in [2.45, 2.75) is 0 Å². The van der Waals surface area contributed by atoms with Crippen LogP contribution in [0.3, 0.4) is 0 Å². The molecule has 6 aromatic carbocycles. The topological polar surface area (TPSA) is 62.5 Å². The number of nitriles is 1. The first kappa shape index (κ1) is 25.5. The molecule has 2 heterocycles. The maximum atomic E-state index is 10.1. The van der Waals surface area contributed by atoms with Gasteiger partial charge in [-0.15, -0.1) is 0 Å². The molecule has 8 aromatic rings. The van der Waals surface area contributed by atoms with E-state index in [2.05, 4.69) is 54.6 Å². The quantitative estimate of drug-likeness (QED) is 0.201. The summed E-state index contributed by atoms with van der Waals surface area (Å²) < 4.78 is 0. The Labute approximate surface area is 254 Å². The van der Waals surface area contributed by atoms with Gasteiger partial charge in [-0.2, -0.15) is 5.26 Å². The van der Waals surface area contributed by atoms with Crippen molar-refractivity contribution in [1.29, 1.82) is 5.26 Å². The van der Waals surface area contributed by atoms with Crippen LogP contribution in [0.4, 0.5) is 0 Å². The van der Waals surface area contributed by atoms with Crippen molar-refractivity contribution < 1.29 is 0 Å². The van der Waals surface area contributed by atoms with E-state index >= 15 is 0 Å². The van der Waals surface area contributed by atoms with Gasteiger partial charge in [0.05, 0.1) is 45.3 Å². The SMILES string of the molecule is N#Cc1ccccc1-c1nc2ccccc2c2c1cc(-c1ccccc1)c1nc(-c3ccccc3)c(-c3ccccc3)nc12. The van der Waals surface area contributed by atoms with Crippen LogP contribution in [0.25, 0.3) is 77.6 Å². The number of benzene rings is 6. The highest BCUT2D eigenvalue weighted by Crippen LogP contribution is 2.43. The number of hydrogen-bond acceptors (Lipinski definition) is 4. The zero-order valence-electron chi connectivity index (χ0n) is 23.6. The molecule has 8 rings (SSSR count). The van der Waals surface area contributed by atoms with E-state index in [9.17, 15) is 5.26 Å². The van der Waals surface area contributed by atoms with Crippen molar-refractivity contribution in [3.05, 3.63) is 151 Å². The Bertz CT molecular complexity index is 2380. The Balaban J connectivity index is 1.62. The van der Waals surface area contributed by atoms with Gasteiger partial charge in [-0.05, 0) is 23.8 Å². The molecule has 0 amide bonds. The number of hydrogen-bond donors (Lipinski definition) is 0. The van der Waals surface area contributed by atoms with Crippen LogP contribution in [0, 0.1) is 11.3 Å². The third-order valence-corrected chi connectivity index (χ3v) is 8.09. The lowest BCUT2D eigenvalue weighted by Gasteiger charge is -2.18. The molecular formula is C40H24N4. The molecule has 0 N–H and O–H groups in total. The smallest absolute Gasteiger partial charge is 0.0998 e. The number of pyridine rings is 1. The van der Waals surface area contributed by atoms with Crippen LogP contribution in [0.2, 0.25) is 0 Å². The van der Waals surface area contributed by atoms with Crippen LogP contribution in [-0.2, 0) is 0 Å². The van der Waals surface area contributed by atoms with Crippen LogP contribution in [0.5, 0.6) is 0 Å². The third-order valence-electron chi connectivity index (χ3n) is 8.09. The molecular weight excluding hydrogens is 536 g/mol. The van der Waals surface area contributed by atoms with Crippen LogP contribution in [0.1, 0.15) is 5.56 Å². The molecule has 2 aromatic heterocycles. The van der Waals surface area contributed by atoms with Crippen LogP contribution in [0.15, 0.2) is 146 Å². The molecule has 0 aliphatic heterocycles. The molecule has 4 heteroatoms. The van der Waals surface area contributed by atoms with Gasteiger partial charge in [0, 0.05) is 38.4 Å². The number of rotatable bonds is 4. The van der Waals surface area contributed by atoms with Crippen molar-refractivity contribution in [3.8, 4) is 51.0 Å². The summed E-state index contributed by atoms with van der Waals surface area (Å²) in [4.78, 5) is 16.1. The molecule has 4 nitrogen and oxygen atoms in total. The fourth-order valence-corrected chi connectivity index (χ4v) is 6.06. The van der Waals surface area contributed by atoms with Gasteiger partial charge in [0.15, 0.2) is 0 Å². The summed E-state index contributed by atoms with van der Waals surface area (Å²) >= 11 is 0. The summed E-state index contributed by atoms with van der Waals surface area (Å²) in [6, 6.07) is 51.2. The minimum absolute atomic E-state index is 0.577. The highest BCUT2D eigenvalue weighted by Gasteiger charge is 2.22. The third kappa shape index (κ3) is 4.19. The van der Waals surface area contributed by atoms with Crippen molar-refractivity contribution in [1.82, 2.24) is 15.0 Å². The molecule has 0 bridgehead atoms. The largest absolute Gasteiger partial charge is 0.247 e. The van der Waals surface area contributed by atoms with E-state index in [1.165, 1.54) is 0 Å². The van der Waals surface area contributed by atoms with E-state index in [0.717, 1.165) is 77.6 Å². The highest BCUT2D eigenvalue weighted by atomic mass is 14.8. The molecule has 0 unspecified atom stereocenters. The lowest BCUT2D eigenvalue weighted by atomic mass is 9.92. The number of fused-ring (bicyclic) bond motifs is 5. The first-order chi connectivity index (χ1) is 21.8. The lowest BCUT2D eigenvalue weighted by Crippen LogP contribution is -2.00. The van der Waals surface area contributed by atoms with Crippen LogP contribution in [-0.4, -0.2) is 15.0 Å². The maximum absolute atomic E-state index is 10.1. The Morgan fingerprint density at radius 2 is 0.977 bits per heavy atom. The molecule has 0 saturated heterocycles. The Morgan fingerprint density at radius 3 is 1.64 bits per heavy atom. The molecule has 44 heavy (non-hydrogen) atoms. The highest BCUT2D eigenvalue weighted by molar-refractivity contribution is 6.24. The summed E-state index contributed by atoms with van der Waals surface area (Å²) in [6.07, 6.45) is 0. The fraction of sp³-hybridized carbons (Fsp3) is 0. The van der Waals surface area contributed by atoms with E-state index in [0.29, 0.717) is 5.56 Å². The first-order valence-electron chi connectivity index (χ1n) is 14.5. The molecule has 0 saturated carbocycles. The Morgan fingerprint density at radius 1 is 0.432 bits per heavy atom. The van der Waals surface area contributed by atoms with Crippen molar-refractivity contribution in [2.75, 3.05) is 0 Å². The predicted molar refractivity (Wildman–Crippen MR) is 179 cm³/mol. The second-order valence-electron chi connectivity index (χ2n) is 10.7. The molecule has 0 spiro atoms. The summed E-state index contributed by atoms with van der Waals surface area (Å²) in [6.45, 7) is 0. The zero-order chi connectivity index (χ0) is 29.5. The molecule has 0 atom stereocenters. The summed E-state index contributed by atoms with van der Waals surface area (Å²) in [5.74, 6) is 0. The molecule has 0 aliphatic carbocycles. The van der Waals surface area contributed by atoms with Gasteiger partial charge in [0.25, 0.3) is 0 Å². The average molecular weight is 561 g/mol. The normalized spacial score (nSPS) is 11.2. The second kappa shape index (κ2) is 10.6. The van der Waals surface area contributed by atoms with Gasteiger partial charge in [0.1, 0.15) is 0 Å². The molecule has 204 valence electrons. The van der Waals surface area contributed by atoms with Crippen LogP contribution >= 0.6 is 0 Å². The average Bonchev–Trinajstić information content (AvgIpc) is 3.11. The number of aromatic nitrogens is 3. The number of nitrogens with zero attached hydrogens (tertiary/aromatic N) is 4. The van der Waals surface area contributed by atoms with E-state index in [1.54, 1.807) is 0 Å². The second-order valence-corrected chi connectivity index (χ2v) is 10.7. The Hall–Kier alpha value is -6.18. The molecule has 0 aliphatic rings. The minimum atomic E-state index is 0.577. The first-order valence-corrected chi connectivity index (χ1v) is 14.5. The summed E-state index contributed by atoms with van der Waals surface area (Å²) in [5, 5.41) is 13.0. The van der Waals surface area contributed by atoms with Crippen molar-refractivity contribution >= 4 is 32.7 Å². The maximum Gasteiger partial charge on any atom is 0.0998 e. The molecule has 0 fully saturated rings. The summed E-state index contributed by atoms with van der Waals surface area (Å²) in [5.41, 5.74) is 10.2. The predicted octanol–water partition coefficient (Wildman–Crippen LogP) is 9.87. The van der Waals surface area contributed by atoms with E-state index < -0.39 is 0 Å².